The molecule has 0 heterocycles. The molecule has 0 aliphatic heterocycles. The van der Waals surface area contributed by atoms with Crippen molar-refractivity contribution < 1.29 is 9.53 Å². The highest BCUT2D eigenvalue weighted by molar-refractivity contribution is 5.94. The summed E-state index contributed by atoms with van der Waals surface area (Å²) < 4.78 is 5.31. The maximum Gasteiger partial charge on any atom is 0.251 e. The largest absolute Gasteiger partial charge is 0.497 e. The molecular formula is C29H43NO2. The lowest BCUT2D eigenvalue weighted by molar-refractivity contribution is -0.0698. The summed E-state index contributed by atoms with van der Waals surface area (Å²) in [7, 11) is 1.65. The third kappa shape index (κ3) is 3.78. The van der Waals surface area contributed by atoms with Crippen LogP contribution >= 0.6 is 0 Å². The number of carbonyl (C=O) groups is 1. The van der Waals surface area contributed by atoms with Gasteiger partial charge in [-0.1, -0.05) is 26.3 Å². The lowest BCUT2D eigenvalue weighted by Gasteiger charge is -2.56. The molecule has 3 unspecified atom stereocenters. The lowest BCUT2D eigenvalue weighted by Crippen LogP contribution is -2.51. The predicted octanol–water partition coefficient (Wildman–Crippen LogP) is 6.72. The number of amides is 1. The van der Waals surface area contributed by atoms with Crippen LogP contribution in [0.5, 0.6) is 5.75 Å². The molecule has 0 radical (unpaired) electrons. The first-order chi connectivity index (χ1) is 15.4. The second-order valence-corrected chi connectivity index (χ2v) is 12.1. The van der Waals surface area contributed by atoms with E-state index in [0.717, 1.165) is 41.3 Å². The number of nitrogens with one attached hydrogen (secondary N) is 1. The number of hydrogen-bond donors (Lipinski definition) is 1. The monoisotopic (exact) mass is 437 g/mol. The second kappa shape index (κ2) is 8.69. The number of ether oxygens (including phenoxy) is 1. The second-order valence-electron chi connectivity index (χ2n) is 12.1. The third-order valence-electron chi connectivity index (χ3n) is 10.6. The van der Waals surface area contributed by atoms with Crippen LogP contribution in [0.25, 0.3) is 0 Å². The fourth-order valence-corrected chi connectivity index (χ4v) is 9.10. The molecular weight excluding hydrogens is 394 g/mol. The quantitative estimate of drug-likeness (QED) is 0.568. The van der Waals surface area contributed by atoms with E-state index in [2.05, 4.69) is 26.1 Å². The van der Waals surface area contributed by atoms with Crippen LogP contribution in [0.15, 0.2) is 24.3 Å². The highest BCUT2D eigenvalue weighted by Crippen LogP contribution is 2.64. The van der Waals surface area contributed by atoms with E-state index in [-0.39, 0.29) is 11.9 Å². The van der Waals surface area contributed by atoms with Crippen LogP contribution in [0.3, 0.4) is 0 Å². The summed E-state index contributed by atoms with van der Waals surface area (Å²) in [5.74, 6) is 7.13. The summed E-state index contributed by atoms with van der Waals surface area (Å²) >= 11 is 0. The minimum absolute atomic E-state index is 0.0361. The molecule has 1 N–H and O–H groups in total. The van der Waals surface area contributed by atoms with Gasteiger partial charge in [0.2, 0.25) is 0 Å². The Morgan fingerprint density at radius 3 is 2.69 bits per heavy atom. The van der Waals surface area contributed by atoms with E-state index < -0.39 is 0 Å². The van der Waals surface area contributed by atoms with Gasteiger partial charge in [-0.25, -0.2) is 0 Å². The number of carbonyl (C=O) groups excluding carboxylic acids is 1. The zero-order chi connectivity index (χ0) is 22.5. The number of methoxy groups -OCH3 is 1. The van der Waals surface area contributed by atoms with Gasteiger partial charge in [0.05, 0.1) is 7.11 Å². The van der Waals surface area contributed by atoms with E-state index in [4.69, 9.17) is 4.74 Å². The summed E-state index contributed by atoms with van der Waals surface area (Å²) in [6.45, 7) is 7.31. The topological polar surface area (TPSA) is 38.3 Å². The van der Waals surface area contributed by atoms with Crippen LogP contribution in [-0.4, -0.2) is 19.1 Å². The van der Waals surface area contributed by atoms with E-state index in [1.807, 2.05) is 24.3 Å². The average Bonchev–Trinajstić information content (AvgIpc) is 3.16. The zero-order valence-electron chi connectivity index (χ0n) is 20.6. The molecule has 1 aromatic rings. The van der Waals surface area contributed by atoms with Crippen LogP contribution in [0.1, 0.15) is 88.9 Å². The van der Waals surface area contributed by atoms with Crippen molar-refractivity contribution in [3.05, 3.63) is 29.8 Å². The lowest BCUT2D eigenvalue weighted by atomic mass is 9.49. The van der Waals surface area contributed by atoms with Gasteiger partial charge in [-0.15, -0.1) is 0 Å². The molecule has 4 aliphatic rings. The fourth-order valence-electron chi connectivity index (χ4n) is 9.10. The van der Waals surface area contributed by atoms with Gasteiger partial charge >= 0.3 is 0 Å². The first-order valence-electron chi connectivity index (χ1n) is 13.4. The van der Waals surface area contributed by atoms with Crippen molar-refractivity contribution in [3.63, 3.8) is 0 Å². The Morgan fingerprint density at radius 2 is 1.88 bits per heavy atom. The first-order valence-corrected chi connectivity index (χ1v) is 13.4. The fraction of sp³-hybridized carbons (Fsp3) is 0.759. The number of fused-ring (bicyclic) bond motifs is 5. The summed E-state index contributed by atoms with van der Waals surface area (Å²) in [6, 6.07) is 7.73. The van der Waals surface area contributed by atoms with Crippen molar-refractivity contribution in [1.82, 2.24) is 5.32 Å². The van der Waals surface area contributed by atoms with Gasteiger partial charge in [0, 0.05) is 11.6 Å². The Balaban J connectivity index is 1.27. The number of hydrogen-bond acceptors (Lipinski definition) is 2. The van der Waals surface area contributed by atoms with Crippen LogP contribution in [0, 0.1) is 46.8 Å². The average molecular weight is 438 g/mol. The molecule has 0 bridgehead atoms. The summed E-state index contributed by atoms with van der Waals surface area (Å²) in [5.41, 5.74) is 1.08. The SMILES string of the molecule is COc1cccc(C(=O)N[C@H](C)C2CCC3[C@@H]4CC[C@@H]5C[C@@H](C)CC[C@@H]5C4CC[C@@]32C)c1. The number of benzene rings is 1. The van der Waals surface area contributed by atoms with Crippen LogP contribution in [-0.2, 0) is 0 Å². The smallest absolute Gasteiger partial charge is 0.251 e. The molecule has 3 heteroatoms. The molecule has 4 saturated carbocycles. The molecule has 0 aromatic heterocycles. The van der Waals surface area contributed by atoms with Gasteiger partial charge in [-0.05, 0) is 123 Å². The normalized spacial score (nSPS) is 41.7. The predicted molar refractivity (Wildman–Crippen MR) is 130 cm³/mol. The maximum atomic E-state index is 13.0. The molecule has 1 aromatic carbocycles. The summed E-state index contributed by atoms with van der Waals surface area (Å²) in [4.78, 5) is 13.0. The molecule has 9 atom stereocenters. The van der Waals surface area contributed by atoms with E-state index in [1.165, 1.54) is 57.8 Å². The molecule has 176 valence electrons. The Morgan fingerprint density at radius 1 is 1.06 bits per heavy atom. The van der Waals surface area contributed by atoms with Crippen molar-refractivity contribution >= 4 is 5.91 Å². The van der Waals surface area contributed by atoms with E-state index in [1.54, 1.807) is 7.11 Å². The minimum atomic E-state index is 0.0361. The van der Waals surface area contributed by atoms with Crippen LogP contribution < -0.4 is 10.1 Å². The van der Waals surface area contributed by atoms with Crippen molar-refractivity contribution in [3.8, 4) is 5.75 Å². The van der Waals surface area contributed by atoms with Gasteiger partial charge in [-0.2, -0.15) is 0 Å². The number of rotatable bonds is 4. The van der Waals surface area contributed by atoms with Gasteiger partial charge in [0.1, 0.15) is 5.75 Å². The van der Waals surface area contributed by atoms with Crippen molar-refractivity contribution in [2.45, 2.75) is 84.6 Å². The van der Waals surface area contributed by atoms with Gasteiger partial charge in [0.15, 0.2) is 0 Å². The Hall–Kier alpha value is -1.51. The van der Waals surface area contributed by atoms with E-state index in [0.29, 0.717) is 16.9 Å². The first kappa shape index (κ1) is 22.3. The van der Waals surface area contributed by atoms with Gasteiger partial charge in [0.25, 0.3) is 5.91 Å². The molecule has 0 saturated heterocycles. The summed E-state index contributed by atoms with van der Waals surface area (Å²) in [6.07, 6.45) is 12.8. The van der Waals surface area contributed by atoms with E-state index in [9.17, 15) is 4.79 Å². The van der Waals surface area contributed by atoms with Gasteiger partial charge < -0.3 is 10.1 Å². The Bertz CT molecular complexity index is 836. The highest BCUT2D eigenvalue weighted by Gasteiger charge is 2.57. The van der Waals surface area contributed by atoms with E-state index >= 15 is 0 Å². The van der Waals surface area contributed by atoms with Crippen molar-refractivity contribution in [1.29, 1.82) is 0 Å². The Kier molecular flexibility index (Phi) is 6.05. The molecule has 4 aliphatic carbocycles. The Labute approximate surface area is 195 Å². The van der Waals surface area contributed by atoms with Crippen LogP contribution in [0.2, 0.25) is 0 Å². The molecule has 32 heavy (non-hydrogen) atoms. The highest BCUT2D eigenvalue weighted by atomic mass is 16.5. The summed E-state index contributed by atoms with van der Waals surface area (Å²) in [5, 5.41) is 3.38. The molecule has 1 amide bonds. The zero-order valence-corrected chi connectivity index (χ0v) is 20.6. The maximum absolute atomic E-state index is 13.0. The molecule has 5 rings (SSSR count). The molecule has 3 nitrogen and oxygen atoms in total. The van der Waals surface area contributed by atoms with Crippen molar-refractivity contribution in [2.75, 3.05) is 7.11 Å². The van der Waals surface area contributed by atoms with Gasteiger partial charge in [-0.3, -0.25) is 4.79 Å². The molecule has 4 fully saturated rings. The van der Waals surface area contributed by atoms with Crippen molar-refractivity contribution in [2.24, 2.45) is 46.8 Å². The van der Waals surface area contributed by atoms with Crippen LogP contribution in [0.4, 0.5) is 0 Å². The standard InChI is InChI=1S/C29H43NO2/c1-18-8-10-23-20(16-18)9-11-25-24(23)14-15-29(3)26(12-13-27(25)29)19(2)30-28(31)21-6-5-7-22(17-21)32-4/h5-7,17-20,23-27H,8-16H2,1-4H3,(H,30,31)/t18-,19+,20+,23-,24?,25+,26?,27?,29+/m0/s1. The third-order valence-corrected chi connectivity index (χ3v) is 10.6. The minimum Gasteiger partial charge on any atom is -0.497 e. The molecule has 0 spiro atoms.